The highest BCUT2D eigenvalue weighted by molar-refractivity contribution is 5.99. The zero-order valence-corrected chi connectivity index (χ0v) is 10.5. The molecule has 1 atom stereocenters. The minimum absolute atomic E-state index is 0.0541. The predicted octanol–water partition coefficient (Wildman–Crippen LogP) is 1.90. The first-order valence-corrected chi connectivity index (χ1v) is 6.11. The van der Waals surface area contributed by atoms with Gasteiger partial charge in [-0.2, -0.15) is 0 Å². The summed E-state index contributed by atoms with van der Waals surface area (Å²) in [6.07, 6.45) is 0. The first-order valence-electron chi connectivity index (χ1n) is 6.11. The standard InChI is InChI=1S/C14H19NO2/c1-11-3-5-13(6-4-11)14(16)12(2)15-7-9-17-10-8-15/h3-6,12H,7-10H2,1-2H3/t12-/m0/s1. The molecule has 2 rings (SSSR count). The number of ether oxygens (including phenoxy) is 1. The van der Waals surface area contributed by atoms with Gasteiger partial charge in [-0.05, 0) is 13.8 Å². The molecule has 1 fully saturated rings. The highest BCUT2D eigenvalue weighted by atomic mass is 16.5. The molecule has 1 saturated heterocycles. The molecule has 0 amide bonds. The third kappa shape index (κ3) is 2.93. The SMILES string of the molecule is Cc1ccc(C(=O)[C@H](C)N2CCOCC2)cc1. The topological polar surface area (TPSA) is 29.5 Å². The van der Waals surface area contributed by atoms with Crippen LogP contribution < -0.4 is 0 Å². The molecule has 1 aliphatic heterocycles. The molecule has 0 N–H and O–H groups in total. The van der Waals surface area contributed by atoms with Crippen LogP contribution in [0.2, 0.25) is 0 Å². The van der Waals surface area contributed by atoms with Crippen molar-refractivity contribution in [3.05, 3.63) is 35.4 Å². The number of hydrogen-bond acceptors (Lipinski definition) is 3. The van der Waals surface area contributed by atoms with E-state index in [1.165, 1.54) is 5.56 Å². The maximum Gasteiger partial charge on any atom is 0.179 e. The fourth-order valence-corrected chi connectivity index (χ4v) is 2.09. The Balaban J connectivity index is 2.05. The minimum atomic E-state index is -0.0541. The summed E-state index contributed by atoms with van der Waals surface area (Å²) in [6.45, 7) is 7.15. The molecule has 1 aliphatic rings. The molecule has 0 bridgehead atoms. The highest BCUT2D eigenvalue weighted by Gasteiger charge is 2.23. The first kappa shape index (κ1) is 12.3. The summed E-state index contributed by atoms with van der Waals surface area (Å²) in [7, 11) is 0. The van der Waals surface area contributed by atoms with Crippen molar-refractivity contribution in [2.75, 3.05) is 26.3 Å². The quantitative estimate of drug-likeness (QED) is 0.747. The number of benzene rings is 1. The van der Waals surface area contributed by atoms with Crippen molar-refractivity contribution in [3.63, 3.8) is 0 Å². The Morgan fingerprint density at radius 3 is 2.41 bits per heavy atom. The lowest BCUT2D eigenvalue weighted by Gasteiger charge is -2.31. The highest BCUT2D eigenvalue weighted by Crippen LogP contribution is 2.11. The maximum atomic E-state index is 12.3. The predicted molar refractivity (Wildman–Crippen MR) is 67.4 cm³/mol. The molecule has 92 valence electrons. The monoisotopic (exact) mass is 233 g/mol. The molecule has 17 heavy (non-hydrogen) atoms. The van der Waals surface area contributed by atoms with E-state index in [1.807, 2.05) is 38.1 Å². The number of carbonyl (C=O) groups is 1. The van der Waals surface area contributed by atoms with Gasteiger partial charge < -0.3 is 4.74 Å². The van der Waals surface area contributed by atoms with Gasteiger partial charge in [0.05, 0.1) is 19.3 Å². The van der Waals surface area contributed by atoms with E-state index in [2.05, 4.69) is 4.90 Å². The van der Waals surface area contributed by atoms with Gasteiger partial charge in [0.1, 0.15) is 0 Å². The summed E-state index contributed by atoms with van der Waals surface area (Å²) in [5.74, 6) is 0.201. The van der Waals surface area contributed by atoms with Gasteiger partial charge in [-0.25, -0.2) is 0 Å². The van der Waals surface area contributed by atoms with E-state index in [1.54, 1.807) is 0 Å². The van der Waals surface area contributed by atoms with Gasteiger partial charge in [-0.15, -0.1) is 0 Å². The third-order valence-electron chi connectivity index (χ3n) is 3.31. The third-order valence-corrected chi connectivity index (χ3v) is 3.31. The van der Waals surface area contributed by atoms with Gasteiger partial charge in [0.15, 0.2) is 5.78 Å². The minimum Gasteiger partial charge on any atom is -0.379 e. The second-order valence-corrected chi connectivity index (χ2v) is 4.55. The summed E-state index contributed by atoms with van der Waals surface area (Å²) >= 11 is 0. The molecule has 3 heteroatoms. The van der Waals surface area contributed by atoms with E-state index in [4.69, 9.17) is 4.74 Å². The molecule has 0 aliphatic carbocycles. The fraction of sp³-hybridized carbons (Fsp3) is 0.500. The molecule has 0 saturated carbocycles. The average Bonchev–Trinajstić information content (AvgIpc) is 2.39. The van der Waals surface area contributed by atoms with Crippen LogP contribution in [0.5, 0.6) is 0 Å². The lowest BCUT2D eigenvalue weighted by molar-refractivity contribution is 0.0208. The summed E-state index contributed by atoms with van der Waals surface area (Å²) in [4.78, 5) is 14.5. The number of carbonyl (C=O) groups excluding carboxylic acids is 1. The van der Waals surface area contributed by atoms with Crippen LogP contribution >= 0.6 is 0 Å². The average molecular weight is 233 g/mol. The zero-order valence-electron chi connectivity index (χ0n) is 10.5. The van der Waals surface area contributed by atoms with Gasteiger partial charge in [0.2, 0.25) is 0 Å². The van der Waals surface area contributed by atoms with Crippen molar-refractivity contribution < 1.29 is 9.53 Å². The van der Waals surface area contributed by atoms with Crippen molar-refractivity contribution in [2.45, 2.75) is 19.9 Å². The van der Waals surface area contributed by atoms with Crippen LogP contribution in [0.25, 0.3) is 0 Å². The normalized spacial score (nSPS) is 18.9. The number of hydrogen-bond donors (Lipinski definition) is 0. The summed E-state index contributed by atoms with van der Waals surface area (Å²) in [5.41, 5.74) is 1.98. The second-order valence-electron chi connectivity index (χ2n) is 4.55. The van der Waals surface area contributed by atoms with Gasteiger partial charge in [0.25, 0.3) is 0 Å². The van der Waals surface area contributed by atoms with Crippen LogP contribution in [0.3, 0.4) is 0 Å². The maximum absolute atomic E-state index is 12.3. The molecular formula is C14H19NO2. The molecular weight excluding hydrogens is 214 g/mol. The van der Waals surface area contributed by atoms with Crippen molar-refractivity contribution in [1.82, 2.24) is 4.90 Å². The number of ketones is 1. The zero-order chi connectivity index (χ0) is 12.3. The molecule has 1 aromatic rings. The summed E-state index contributed by atoms with van der Waals surface area (Å²) < 4.78 is 5.30. The van der Waals surface area contributed by atoms with E-state index < -0.39 is 0 Å². The van der Waals surface area contributed by atoms with Crippen LogP contribution in [0.1, 0.15) is 22.8 Å². The number of nitrogens with zero attached hydrogens (tertiary/aromatic N) is 1. The van der Waals surface area contributed by atoms with E-state index in [0.717, 1.165) is 31.9 Å². The van der Waals surface area contributed by atoms with Crippen molar-refractivity contribution in [2.24, 2.45) is 0 Å². The van der Waals surface area contributed by atoms with E-state index in [9.17, 15) is 4.79 Å². The molecule has 0 aromatic heterocycles. The van der Waals surface area contributed by atoms with E-state index in [-0.39, 0.29) is 11.8 Å². The van der Waals surface area contributed by atoms with Crippen LogP contribution in [-0.4, -0.2) is 43.0 Å². The van der Waals surface area contributed by atoms with E-state index >= 15 is 0 Å². The molecule has 0 unspecified atom stereocenters. The Kier molecular flexibility index (Phi) is 3.92. The second kappa shape index (κ2) is 5.43. The largest absolute Gasteiger partial charge is 0.379 e. The summed E-state index contributed by atoms with van der Waals surface area (Å²) in [6, 6.07) is 7.74. The fourth-order valence-electron chi connectivity index (χ4n) is 2.09. The van der Waals surface area contributed by atoms with Gasteiger partial charge in [-0.3, -0.25) is 9.69 Å². The Bertz CT molecular complexity index is 380. The van der Waals surface area contributed by atoms with Gasteiger partial charge in [0, 0.05) is 18.7 Å². The number of rotatable bonds is 3. The van der Waals surface area contributed by atoms with Gasteiger partial charge >= 0.3 is 0 Å². The number of morpholine rings is 1. The van der Waals surface area contributed by atoms with Crippen LogP contribution in [0.15, 0.2) is 24.3 Å². The van der Waals surface area contributed by atoms with Crippen LogP contribution in [-0.2, 0) is 4.74 Å². The molecule has 3 nitrogen and oxygen atoms in total. The Hall–Kier alpha value is -1.19. The Morgan fingerprint density at radius 1 is 1.24 bits per heavy atom. The smallest absolute Gasteiger partial charge is 0.179 e. The van der Waals surface area contributed by atoms with Crippen LogP contribution in [0.4, 0.5) is 0 Å². The van der Waals surface area contributed by atoms with Gasteiger partial charge in [-0.1, -0.05) is 29.8 Å². The lowest BCUT2D eigenvalue weighted by Crippen LogP contribution is -2.45. The van der Waals surface area contributed by atoms with Crippen molar-refractivity contribution in [1.29, 1.82) is 0 Å². The molecule has 1 heterocycles. The molecule has 0 spiro atoms. The Labute approximate surface area is 102 Å². The van der Waals surface area contributed by atoms with E-state index in [0.29, 0.717) is 0 Å². The first-order chi connectivity index (χ1) is 8.18. The number of aryl methyl sites for hydroxylation is 1. The van der Waals surface area contributed by atoms with Crippen molar-refractivity contribution in [3.8, 4) is 0 Å². The molecule has 0 radical (unpaired) electrons. The lowest BCUT2D eigenvalue weighted by atomic mass is 10.0. The Morgan fingerprint density at radius 2 is 1.82 bits per heavy atom. The number of Topliss-reactive ketones (excluding diaryl/α,β-unsaturated/α-hetero) is 1. The van der Waals surface area contributed by atoms with Crippen molar-refractivity contribution >= 4 is 5.78 Å². The summed E-state index contributed by atoms with van der Waals surface area (Å²) in [5, 5.41) is 0. The molecule has 1 aromatic carbocycles. The van der Waals surface area contributed by atoms with Crippen LogP contribution in [0, 0.1) is 6.92 Å².